The van der Waals surface area contributed by atoms with Crippen LogP contribution in [-0.4, -0.2) is 36.5 Å². The number of guanidine groups is 1. The first-order chi connectivity index (χ1) is 10.5. The molecule has 0 saturated heterocycles. The number of benzene rings is 1. The minimum atomic E-state index is -0.331. The van der Waals surface area contributed by atoms with Crippen LogP contribution in [0.5, 0.6) is 0 Å². The first kappa shape index (κ1) is 18.3. The van der Waals surface area contributed by atoms with Crippen molar-refractivity contribution in [2.75, 3.05) is 24.5 Å². The fourth-order valence-electron chi connectivity index (χ4n) is 2.34. The van der Waals surface area contributed by atoms with E-state index < -0.39 is 0 Å². The van der Waals surface area contributed by atoms with Gasteiger partial charge in [-0.15, -0.1) is 0 Å². The summed E-state index contributed by atoms with van der Waals surface area (Å²) >= 11 is 6.29. The third-order valence-corrected chi connectivity index (χ3v) is 3.89. The molecule has 0 aliphatic heterocycles. The molecule has 0 atom stereocenters. The Bertz CT molecular complexity index is 529. The maximum absolute atomic E-state index is 12.5. The molecule has 22 heavy (non-hydrogen) atoms. The van der Waals surface area contributed by atoms with Crippen LogP contribution >= 0.6 is 11.6 Å². The lowest BCUT2D eigenvalue weighted by Crippen LogP contribution is -2.49. The summed E-state index contributed by atoms with van der Waals surface area (Å²) in [5.74, 6) is 0.110. The van der Waals surface area contributed by atoms with Gasteiger partial charge < -0.3 is 4.90 Å². The second-order valence-electron chi connectivity index (χ2n) is 4.80. The number of nitrogens with zero attached hydrogens (tertiary/aromatic N) is 2. The zero-order valence-electron chi connectivity index (χ0n) is 13.7. The van der Waals surface area contributed by atoms with Gasteiger partial charge >= 0.3 is 6.03 Å². The van der Waals surface area contributed by atoms with Crippen LogP contribution in [0.2, 0.25) is 5.02 Å². The van der Waals surface area contributed by atoms with E-state index in [1.807, 2.05) is 39.8 Å². The zero-order chi connectivity index (χ0) is 16.7. The highest BCUT2D eigenvalue weighted by Crippen LogP contribution is 2.30. The van der Waals surface area contributed by atoms with Gasteiger partial charge in [0.05, 0.1) is 10.7 Å². The van der Waals surface area contributed by atoms with Crippen LogP contribution in [0.3, 0.4) is 0 Å². The minimum absolute atomic E-state index is 0.110. The third-order valence-electron chi connectivity index (χ3n) is 3.59. The van der Waals surface area contributed by atoms with E-state index >= 15 is 0 Å². The number of hydrogen-bond acceptors (Lipinski definition) is 2. The standard InChI is InChI=1S/C16H25ClN4O/c1-5-12-10-9-11-13(17)14(12)21(8-4)16(22)19-15(18)20(6-2)7-3/h9-11H,5-8H2,1-4H3,(H2,18,19,22). The molecule has 0 aromatic heterocycles. The Kier molecular flexibility index (Phi) is 7.18. The quantitative estimate of drug-likeness (QED) is 0.640. The minimum Gasteiger partial charge on any atom is -0.343 e. The number of rotatable bonds is 5. The molecule has 5 nitrogen and oxygen atoms in total. The molecule has 1 aromatic rings. The molecule has 0 radical (unpaired) electrons. The Balaban J connectivity index is 3.02. The predicted molar refractivity (Wildman–Crippen MR) is 93.0 cm³/mol. The Labute approximate surface area is 137 Å². The van der Waals surface area contributed by atoms with Gasteiger partial charge in [-0.2, -0.15) is 0 Å². The summed E-state index contributed by atoms with van der Waals surface area (Å²) in [4.78, 5) is 15.9. The topological polar surface area (TPSA) is 59.4 Å². The van der Waals surface area contributed by atoms with Crippen LogP contribution in [0.25, 0.3) is 0 Å². The van der Waals surface area contributed by atoms with E-state index in [2.05, 4.69) is 5.32 Å². The number of aryl methyl sites for hydroxylation is 1. The van der Waals surface area contributed by atoms with E-state index in [4.69, 9.17) is 17.0 Å². The molecule has 0 saturated carbocycles. The van der Waals surface area contributed by atoms with Crippen molar-refractivity contribution in [3.8, 4) is 0 Å². The van der Waals surface area contributed by atoms with Crippen molar-refractivity contribution in [2.45, 2.75) is 34.1 Å². The van der Waals surface area contributed by atoms with Gasteiger partial charge in [0.2, 0.25) is 0 Å². The number of anilines is 1. The highest BCUT2D eigenvalue weighted by atomic mass is 35.5. The summed E-state index contributed by atoms with van der Waals surface area (Å²) in [5, 5.41) is 11.2. The van der Waals surface area contributed by atoms with Crippen molar-refractivity contribution in [2.24, 2.45) is 0 Å². The fraction of sp³-hybridized carbons (Fsp3) is 0.500. The van der Waals surface area contributed by atoms with E-state index in [0.29, 0.717) is 24.7 Å². The van der Waals surface area contributed by atoms with Gasteiger partial charge in [-0.1, -0.05) is 30.7 Å². The maximum Gasteiger partial charge on any atom is 0.328 e. The number of carbonyl (C=O) groups excluding carboxylic acids is 1. The number of para-hydroxylation sites is 1. The molecule has 6 heteroatoms. The lowest BCUT2D eigenvalue weighted by atomic mass is 10.1. The van der Waals surface area contributed by atoms with Crippen molar-refractivity contribution in [3.05, 3.63) is 28.8 Å². The maximum atomic E-state index is 12.5. The van der Waals surface area contributed by atoms with Crippen LogP contribution in [-0.2, 0) is 6.42 Å². The summed E-state index contributed by atoms with van der Waals surface area (Å²) < 4.78 is 0. The van der Waals surface area contributed by atoms with Gasteiger partial charge in [0, 0.05) is 19.6 Å². The van der Waals surface area contributed by atoms with E-state index in [0.717, 1.165) is 17.7 Å². The van der Waals surface area contributed by atoms with Crippen LogP contribution in [0, 0.1) is 5.41 Å². The number of hydrogen-bond donors (Lipinski definition) is 2. The summed E-state index contributed by atoms with van der Waals surface area (Å²) in [5.41, 5.74) is 1.73. The number of amides is 2. The molecule has 1 aromatic carbocycles. The van der Waals surface area contributed by atoms with E-state index in [-0.39, 0.29) is 12.0 Å². The Hall–Kier alpha value is -1.75. The van der Waals surface area contributed by atoms with Gasteiger partial charge in [-0.25, -0.2) is 4.79 Å². The van der Waals surface area contributed by atoms with E-state index in [1.54, 1.807) is 15.9 Å². The Morgan fingerprint density at radius 1 is 1.18 bits per heavy atom. The largest absolute Gasteiger partial charge is 0.343 e. The molecule has 122 valence electrons. The first-order valence-corrected chi connectivity index (χ1v) is 8.07. The van der Waals surface area contributed by atoms with Gasteiger partial charge in [0.15, 0.2) is 5.96 Å². The van der Waals surface area contributed by atoms with Crippen molar-refractivity contribution in [1.29, 1.82) is 5.41 Å². The summed E-state index contributed by atoms with van der Waals surface area (Å²) in [6.45, 7) is 9.65. The van der Waals surface area contributed by atoms with Gasteiger partial charge in [0.25, 0.3) is 0 Å². The highest BCUT2D eigenvalue weighted by Gasteiger charge is 2.21. The predicted octanol–water partition coefficient (Wildman–Crippen LogP) is 3.71. The SMILES string of the molecule is CCc1cccc(Cl)c1N(CC)C(=O)NC(=N)N(CC)CC. The number of urea groups is 1. The van der Waals surface area contributed by atoms with Crippen molar-refractivity contribution in [1.82, 2.24) is 10.2 Å². The van der Waals surface area contributed by atoms with E-state index in [9.17, 15) is 4.79 Å². The summed E-state index contributed by atoms with van der Waals surface area (Å²) in [7, 11) is 0. The molecule has 2 amide bonds. The van der Waals surface area contributed by atoms with Crippen LogP contribution in [0.4, 0.5) is 10.5 Å². The van der Waals surface area contributed by atoms with E-state index in [1.165, 1.54) is 0 Å². The lowest BCUT2D eigenvalue weighted by molar-refractivity contribution is 0.249. The first-order valence-electron chi connectivity index (χ1n) is 7.69. The van der Waals surface area contributed by atoms with Crippen molar-refractivity contribution < 1.29 is 4.79 Å². The molecule has 0 unspecified atom stereocenters. The molecular weight excluding hydrogens is 300 g/mol. The molecule has 0 fully saturated rings. The molecule has 0 aliphatic carbocycles. The average Bonchev–Trinajstić information content (AvgIpc) is 2.50. The Morgan fingerprint density at radius 2 is 1.82 bits per heavy atom. The lowest BCUT2D eigenvalue weighted by Gasteiger charge is -2.27. The zero-order valence-corrected chi connectivity index (χ0v) is 14.5. The van der Waals surface area contributed by atoms with Crippen LogP contribution in [0.1, 0.15) is 33.3 Å². The van der Waals surface area contributed by atoms with Gasteiger partial charge in [-0.05, 0) is 38.8 Å². The van der Waals surface area contributed by atoms with Gasteiger partial charge in [0.1, 0.15) is 0 Å². The van der Waals surface area contributed by atoms with Crippen LogP contribution in [0.15, 0.2) is 18.2 Å². The molecular formula is C16H25ClN4O. The number of carbonyl (C=O) groups is 1. The number of nitrogens with one attached hydrogen (secondary N) is 2. The van der Waals surface area contributed by atoms with Gasteiger partial charge in [-0.3, -0.25) is 15.6 Å². The second kappa shape index (κ2) is 8.63. The monoisotopic (exact) mass is 324 g/mol. The Morgan fingerprint density at radius 3 is 2.32 bits per heavy atom. The highest BCUT2D eigenvalue weighted by molar-refractivity contribution is 6.34. The fourth-order valence-corrected chi connectivity index (χ4v) is 2.63. The molecule has 0 heterocycles. The second-order valence-corrected chi connectivity index (χ2v) is 5.20. The molecule has 0 aliphatic rings. The third kappa shape index (κ3) is 4.13. The molecule has 2 N–H and O–H groups in total. The molecule has 0 bridgehead atoms. The molecule has 0 spiro atoms. The number of halogens is 1. The van der Waals surface area contributed by atoms with Crippen molar-refractivity contribution >= 4 is 29.3 Å². The molecule has 1 rings (SSSR count). The van der Waals surface area contributed by atoms with Crippen molar-refractivity contribution in [3.63, 3.8) is 0 Å². The van der Waals surface area contributed by atoms with Crippen LogP contribution < -0.4 is 10.2 Å². The smallest absolute Gasteiger partial charge is 0.328 e. The summed E-state index contributed by atoms with van der Waals surface area (Å²) in [6.07, 6.45) is 0.785. The summed E-state index contributed by atoms with van der Waals surface area (Å²) in [6, 6.07) is 5.30. The average molecular weight is 325 g/mol. The normalized spacial score (nSPS) is 10.2.